The van der Waals surface area contributed by atoms with Crippen LogP contribution in [0.25, 0.3) is 0 Å². The Morgan fingerprint density at radius 1 is 1.00 bits per heavy atom. The highest BCUT2D eigenvalue weighted by atomic mass is 16.6. The van der Waals surface area contributed by atoms with Gasteiger partial charge in [-0.2, -0.15) is 0 Å². The number of nitrogen functional groups attached to an aromatic ring is 1. The van der Waals surface area contributed by atoms with Crippen molar-refractivity contribution >= 4 is 29.1 Å². The molecule has 0 bridgehead atoms. The molecule has 3 aromatic rings. The number of aliphatic hydroxyl groups is 1. The minimum atomic E-state index is -0.737. The van der Waals surface area contributed by atoms with Gasteiger partial charge < -0.3 is 30.4 Å². The van der Waals surface area contributed by atoms with Crippen molar-refractivity contribution in [1.29, 1.82) is 0 Å². The summed E-state index contributed by atoms with van der Waals surface area (Å²) in [6.07, 6.45) is 2.27. The molecule has 9 heteroatoms. The number of aliphatic hydroxyl groups excluding tert-OH is 1. The number of hydrogen-bond donors (Lipinski definition) is 4. The van der Waals surface area contributed by atoms with Crippen LogP contribution in [0.2, 0.25) is 0 Å². The summed E-state index contributed by atoms with van der Waals surface area (Å²) in [6.45, 7) is 2.04. The first-order valence-corrected chi connectivity index (χ1v) is 12.6. The SMILES string of the molecule is CO[C@@H](CC/C=C/C(=O)Nc1ccccc1N)[C@@H](OC(=O)Nc1ccc(C)cc1)c1ccc(OCCO)cc1. The standard InChI is InChI=1S/C30H35N3O6/c1-21-11-15-23(16-12-21)32-30(36)39-29(22-13-17-24(18-14-22)38-20-19-34)27(37-2)9-5-6-10-28(35)33-26-8-4-3-7-25(26)31/h3-4,6-8,10-18,27,29,34H,5,9,19-20,31H2,1-2H3,(H,32,36)(H,33,35)/b10-6+/t27-,29-/m0/s1. The van der Waals surface area contributed by atoms with E-state index in [4.69, 9.17) is 25.1 Å². The van der Waals surface area contributed by atoms with E-state index in [2.05, 4.69) is 10.6 Å². The number of allylic oxidation sites excluding steroid dienone is 1. The van der Waals surface area contributed by atoms with Gasteiger partial charge in [0, 0.05) is 12.8 Å². The van der Waals surface area contributed by atoms with E-state index in [0.717, 1.165) is 5.56 Å². The second kappa shape index (κ2) is 15.2. The van der Waals surface area contributed by atoms with Crippen molar-refractivity contribution in [2.75, 3.05) is 36.7 Å². The molecule has 5 N–H and O–H groups in total. The minimum absolute atomic E-state index is 0.0946. The maximum Gasteiger partial charge on any atom is 0.412 e. The van der Waals surface area contributed by atoms with Gasteiger partial charge in [0.2, 0.25) is 5.91 Å². The number of rotatable bonds is 13. The van der Waals surface area contributed by atoms with E-state index >= 15 is 0 Å². The van der Waals surface area contributed by atoms with Crippen LogP contribution >= 0.6 is 0 Å². The number of amides is 2. The van der Waals surface area contributed by atoms with E-state index in [0.29, 0.717) is 41.2 Å². The summed E-state index contributed by atoms with van der Waals surface area (Å²) in [6, 6.07) is 21.5. The molecule has 206 valence electrons. The first kappa shape index (κ1) is 29.2. The van der Waals surface area contributed by atoms with Gasteiger partial charge in [0.25, 0.3) is 0 Å². The van der Waals surface area contributed by atoms with Gasteiger partial charge in [-0.25, -0.2) is 4.79 Å². The molecular formula is C30H35N3O6. The van der Waals surface area contributed by atoms with Crippen LogP contribution in [-0.4, -0.2) is 43.5 Å². The van der Waals surface area contributed by atoms with E-state index in [-0.39, 0.29) is 19.1 Å². The number of anilines is 3. The quantitative estimate of drug-likeness (QED) is 0.175. The van der Waals surface area contributed by atoms with Crippen LogP contribution in [-0.2, 0) is 14.3 Å². The van der Waals surface area contributed by atoms with Crippen LogP contribution in [0.4, 0.5) is 21.9 Å². The highest BCUT2D eigenvalue weighted by Crippen LogP contribution is 2.29. The number of carbonyl (C=O) groups excluding carboxylic acids is 2. The van der Waals surface area contributed by atoms with Gasteiger partial charge in [-0.15, -0.1) is 0 Å². The van der Waals surface area contributed by atoms with Crippen molar-refractivity contribution in [1.82, 2.24) is 0 Å². The van der Waals surface area contributed by atoms with Gasteiger partial charge in [-0.1, -0.05) is 48.0 Å². The Bertz CT molecular complexity index is 1230. The van der Waals surface area contributed by atoms with E-state index in [1.807, 2.05) is 19.1 Å². The Balaban J connectivity index is 1.68. The van der Waals surface area contributed by atoms with Gasteiger partial charge in [0.05, 0.1) is 24.1 Å². The van der Waals surface area contributed by atoms with Crippen LogP contribution in [0, 0.1) is 6.92 Å². The number of nitrogens with one attached hydrogen (secondary N) is 2. The van der Waals surface area contributed by atoms with Gasteiger partial charge >= 0.3 is 6.09 Å². The maximum atomic E-state index is 12.8. The molecule has 0 saturated carbocycles. The molecule has 0 aliphatic heterocycles. The second-order valence-electron chi connectivity index (χ2n) is 8.79. The van der Waals surface area contributed by atoms with Crippen molar-refractivity contribution in [3.05, 3.63) is 96.1 Å². The molecule has 9 nitrogen and oxygen atoms in total. The third kappa shape index (κ3) is 9.48. The van der Waals surface area contributed by atoms with Gasteiger partial charge in [0.1, 0.15) is 12.4 Å². The van der Waals surface area contributed by atoms with Crippen molar-refractivity contribution in [3.63, 3.8) is 0 Å². The first-order valence-electron chi connectivity index (χ1n) is 12.6. The lowest BCUT2D eigenvalue weighted by Gasteiger charge is -2.26. The van der Waals surface area contributed by atoms with Crippen molar-refractivity contribution in [3.8, 4) is 5.75 Å². The van der Waals surface area contributed by atoms with Crippen LogP contribution < -0.4 is 21.1 Å². The largest absolute Gasteiger partial charge is 0.491 e. The molecule has 0 radical (unpaired) electrons. The molecule has 0 aromatic heterocycles. The van der Waals surface area contributed by atoms with Gasteiger partial charge in [0.15, 0.2) is 6.10 Å². The zero-order chi connectivity index (χ0) is 28.0. The van der Waals surface area contributed by atoms with Crippen molar-refractivity contribution < 1.29 is 28.9 Å². The highest BCUT2D eigenvalue weighted by molar-refractivity contribution is 6.01. The minimum Gasteiger partial charge on any atom is -0.491 e. The molecule has 39 heavy (non-hydrogen) atoms. The molecule has 0 aliphatic carbocycles. The van der Waals surface area contributed by atoms with Crippen molar-refractivity contribution in [2.45, 2.75) is 32.0 Å². The summed E-state index contributed by atoms with van der Waals surface area (Å²) in [5, 5.41) is 14.5. The van der Waals surface area contributed by atoms with E-state index in [1.54, 1.807) is 73.8 Å². The Hall–Kier alpha value is -4.34. The maximum absolute atomic E-state index is 12.8. The molecule has 2 atom stereocenters. The number of carbonyl (C=O) groups is 2. The highest BCUT2D eigenvalue weighted by Gasteiger charge is 2.27. The van der Waals surface area contributed by atoms with Gasteiger partial charge in [-0.3, -0.25) is 10.1 Å². The third-order valence-corrected chi connectivity index (χ3v) is 5.85. The smallest absolute Gasteiger partial charge is 0.412 e. The summed E-state index contributed by atoms with van der Waals surface area (Å²) < 4.78 is 17.0. The Morgan fingerprint density at radius 3 is 2.38 bits per heavy atom. The Labute approximate surface area is 228 Å². The monoisotopic (exact) mass is 533 g/mol. The van der Waals surface area contributed by atoms with Crippen LogP contribution in [0.3, 0.4) is 0 Å². The lowest BCUT2D eigenvalue weighted by atomic mass is 10.00. The molecule has 0 fully saturated rings. The number of benzene rings is 3. The van der Waals surface area contributed by atoms with E-state index in [1.165, 1.54) is 6.08 Å². The molecule has 0 spiro atoms. The first-order chi connectivity index (χ1) is 18.9. The average molecular weight is 534 g/mol. The predicted octanol–water partition coefficient (Wildman–Crippen LogP) is 5.23. The average Bonchev–Trinajstić information content (AvgIpc) is 2.94. The lowest BCUT2D eigenvalue weighted by Crippen LogP contribution is -2.28. The summed E-state index contributed by atoms with van der Waals surface area (Å²) in [4.78, 5) is 25.1. The van der Waals surface area contributed by atoms with Gasteiger partial charge in [-0.05, 0) is 67.8 Å². The van der Waals surface area contributed by atoms with Crippen LogP contribution in [0.15, 0.2) is 84.9 Å². The fourth-order valence-electron chi connectivity index (χ4n) is 3.80. The summed E-state index contributed by atoms with van der Waals surface area (Å²) in [5.74, 6) is 0.281. The topological polar surface area (TPSA) is 132 Å². The Kier molecular flexibility index (Phi) is 11.4. The number of aryl methyl sites for hydroxylation is 1. The number of hydrogen-bond acceptors (Lipinski definition) is 7. The molecule has 3 rings (SSSR count). The predicted molar refractivity (Wildman–Crippen MR) is 152 cm³/mol. The molecule has 2 amide bonds. The molecular weight excluding hydrogens is 498 g/mol. The molecule has 0 heterocycles. The molecule has 0 aliphatic rings. The molecule has 0 unspecified atom stereocenters. The third-order valence-electron chi connectivity index (χ3n) is 5.85. The van der Waals surface area contributed by atoms with Crippen LogP contribution in [0.5, 0.6) is 5.75 Å². The summed E-state index contributed by atoms with van der Waals surface area (Å²) >= 11 is 0. The molecule has 3 aromatic carbocycles. The number of nitrogens with two attached hydrogens (primary N) is 1. The lowest BCUT2D eigenvalue weighted by molar-refractivity contribution is -0.111. The fourth-order valence-corrected chi connectivity index (χ4v) is 3.80. The van der Waals surface area contributed by atoms with E-state index in [9.17, 15) is 9.59 Å². The fraction of sp³-hybridized carbons (Fsp3) is 0.267. The normalized spacial score (nSPS) is 12.5. The molecule has 0 saturated heterocycles. The van der Waals surface area contributed by atoms with E-state index < -0.39 is 18.3 Å². The number of para-hydroxylation sites is 2. The van der Waals surface area contributed by atoms with Crippen molar-refractivity contribution in [2.24, 2.45) is 0 Å². The summed E-state index contributed by atoms with van der Waals surface area (Å²) in [7, 11) is 1.55. The Morgan fingerprint density at radius 2 is 1.72 bits per heavy atom. The zero-order valence-corrected chi connectivity index (χ0v) is 22.1. The summed E-state index contributed by atoms with van der Waals surface area (Å²) in [5.41, 5.74) is 9.29. The second-order valence-corrected chi connectivity index (χ2v) is 8.79. The number of ether oxygens (including phenoxy) is 3. The number of methoxy groups -OCH3 is 1. The zero-order valence-electron chi connectivity index (χ0n) is 22.1. The van der Waals surface area contributed by atoms with Crippen LogP contribution in [0.1, 0.15) is 30.1 Å².